The van der Waals surface area contributed by atoms with Gasteiger partial charge in [-0.3, -0.25) is 0 Å². The van der Waals surface area contributed by atoms with E-state index in [0.29, 0.717) is 0 Å². The van der Waals surface area contributed by atoms with Crippen molar-refractivity contribution < 1.29 is 0 Å². The maximum absolute atomic E-state index is 3.43. The molecule has 1 rings (SSSR count). The van der Waals surface area contributed by atoms with Gasteiger partial charge in [0.25, 0.3) is 0 Å². The monoisotopic (exact) mass is 216 g/mol. The minimum Gasteiger partial charge on any atom is -0.316 e. The molecular weight excluding hydrogens is 192 g/mol. The van der Waals surface area contributed by atoms with Crippen molar-refractivity contribution in [3.8, 4) is 0 Å². The van der Waals surface area contributed by atoms with E-state index >= 15 is 0 Å². The van der Waals surface area contributed by atoms with Crippen LogP contribution in [0.2, 0.25) is 0 Å². The van der Waals surface area contributed by atoms with Crippen LogP contribution in [0, 0.1) is 5.92 Å². The van der Waals surface area contributed by atoms with Crippen molar-refractivity contribution >= 4 is 11.8 Å². The molecule has 84 valence electrons. The summed E-state index contributed by atoms with van der Waals surface area (Å²) in [5.41, 5.74) is 0. The standard InChI is InChI=1S/C11H24N2S/c1-10(5-7-14-3)13(2)9-11-4-6-12-8-11/h10-12H,4-9H2,1-3H3. The Kier molecular flexibility index (Phi) is 5.90. The highest BCUT2D eigenvalue weighted by molar-refractivity contribution is 7.98. The van der Waals surface area contributed by atoms with E-state index in [4.69, 9.17) is 0 Å². The molecule has 0 aliphatic carbocycles. The molecule has 1 fully saturated rings. The lowest BCUT2D eigenvalue weighted by Gasteiger charge is -2.27. The second-order valence-corrected chi connectivity index (χ2v) is 5.41. The molecule has 0 bridgehead atoms. The van der Waals surface area contributed by atoms with Crippen molar-refractivity contribution in [1.82, 2.24) is 10.2 Å². The van der Waals surface area contributed by atoms with Crippen LogP contribution in [-0.4, -0.2) is 49.6 Å². The fourth-order valence-corrected chi connectivity index (χ4v) is 2.54. The zero-order chi connectivity index (χ0) is 10.4. The fourth-order valence-electron chi connectivity index (χ4n) is 1.97. The van der Waals surface area contributed by atoms with Crippen LogP contribution in [0.3, 0.4) is 0 Å². The van der Waals surface area contributed by atoms with Crippen molar-refractivity contribution in [1.29, 1.82) is 0 Å². The smallest absolute Gasteiger partial charge is 0.00718 e. The quantitative estimate of drug-likeness (QED) is 0.727. The summed E-state index contributed by atoms with van der Waals surface area (Å²) in [7, 11) is 2.27. The van der Waals surface area contributed by atoms with Gasteiger partial charge < -0.3 is 10.2 Å². The van der Waals surface area contributed by atoms with Gasteiger partial charge in [0.1, 0.15) is 0 Å². The molecule has 0 saturated carbocycles. The van der Waals surface area contributed by atoms with Crippen molar-refractivity contribution in [2.24, 2.45) is 5.92 Å². The molecule has 0 radical (unpaired) electrons. The minimum atomic E-state index is 0.739. The molecule has 1 saturated heterocycles. The van der Waals surface area contributed by atoms with E-state index in [0.717, 1.165) is 12.0 Å². The molecule has 0 amide bonds. The highest BCUT2D eigenvalue weighted by atomic mass is 32.2. The summed E-state index contributed by atoms with van der Waals surface area (Å²) in [5, 5.41) is 3.43. The van der Waals surface area contributed by atoms with Gasteiger partial charge in [-0.25, -0.2) is 0 Å². The topological polar surface area (TPSA) is 15.3 Å². The second kappa shape index (κ2) is 6.70. The molecule has 2 nitrogen and oxygen atoms in total. The van der Waals surface area contributed by atoms with Crippen LogP contribution in [0.1, 0.15) is 19.8 Å². The number of thioether (sulfide) groups is 1. The van der Waals surface area contributed by atoms with Crippen LogP contribution in [0.4, 0.5) is 0 Å². The van der Waals surface area contributed by atoms with Crippen LogP contribution < -0.4 is 5.32 Å². The summed E-state index contributed by atoms with van der Waals surface area (Å²) in [4.78, 5) is 2.52. The van der Waals surface area contributed by atoms with Gasteiger partial charge in [0, 0.05) is 12.6 Å². The largest absolute Gasteiger partial charge is 0.316 e. The normalized spacial score (nSPS) is 24.4. The molecule has 1 aliphatic heterocycles. The summed E-state index contributed by atoms with van der Waals surface area (Å²) in [6.07, 6.45) is 4.87. The Labute approximate surface area is 92.8 Å². The average molecular weight is 216 g/mol. The maximum Gasteiger partial charge on any atom is 0.00718 e. The molecule has 0 aromatic carbocycles. The predicted octanol–water partition coefficient (Wildman–Crippen LogP) is 1.67. The van der Waals surface area contributed by atoms with E-state index in [2.05, 4.69) is 30.4 Å². The number of rotatable bonds is 6. The van der Waals surface area contributed by atoms with Crippen LogP contribution in [-0.2, 0) is 0 Å². The minimum absolute atomic E-state index is 0.739. The van der Waals surface area contributed by atoms with Crippen molar-refractivity contribution in [3.05, 3.63) is 0 Å². The first-order chi connectivity index (χ1) is 6.74. The number of hydrogen-bond acceptors (Lipinski definition) is 3. The van der Waals surface area contributed by atoms with Crippen LogP contribution >= 0.6 is 11.8 Å². The molecule has 1 aliphatic rings. The SMILES string of the molecule is CSCCC(C)N(C)CC1CCNC1. The number of nitrogens with zero attached hydrogens (tertiary/aromatic N) is 1. The molecule has 1 heterocycles. The second-order valence-electron chi connectivity index (χ2n) is 4.43. The fraction of sp³-hybridized carbons (Fsp3) is 1.00. The number of nitrogens with one attached hydrogen (secondary N) is 1. The Morgan fingerprint density at radius 3 is 2.93 bits per heavy atom. The molecule has 1 N–H and O–H groups in total. The number of hydrogen-bond donors (Lipinski definition) is 1. The Bertz CT molecular complexity index is 146. The van der Waals surface area contributed by atoms with Gasteiger partial charge in [0.15, 0.2) is 0 Å². The third kappa shape index (κ3) is 4.20. The van der Waals surface area contributed by atoms with Crippen LogP contribution in [0.15, 0.2) is 0 Å². The van der Waals surface area contributed by atoms with Gasteiger partial charge in [-0.2, -0.15) is 11.8 Å². The van der Waals surface area contributed by atoms with Gasteiger partial charge in [0.2, 0.25) is 0 Å². The first kappa shape index (κ1) is 12.3. The van der Waals surface area contributed by atoms with Gasteiger partial charge in [-0.1, -0.05) is 0 Å². The molecule has 2 atom stereocenters. The zero-order valence-electron chi connectivity index (χ0n) is 9.75. The van der Waals surface area contributed by atoms with Gasteiger partial charge in [-0.15, -0.1) is 0 Å². The predicted molar refractivity (Wildman–Crippen MR) is 66.1 cm³/mol. The van der Waals surface area contributed by atoms with E-state index < -0.39 is 0 Å². The summed E-state index contributed by atoms with van der Waals surface area (Å²) in [6, 6.07) is 0.739. The molecule has 0 spiro atoms. The Hall–Kier alpha value is 0.270. The third-order valence-electron chi connectivity index (χ3n) is 3.20. The van der Waals surface area contributed by atoms with E-state index in [9.17, 15) is 0 Å². The maximum atomic E-state index is 3.43. The highest BCUT2D eigenvalue weighted by Crippen LogP contribution is 2.12. The van der Waals surface area contributed by atoms with Crippen LogP contribution in [0.25, 0.3) is 0 Å². The lowest BCUT2D eigenvalue weighted by Crippen LogP contribution is -2.34. The molecule has 0 aromatic rings. The van der Waals surface area contributed by atoms with E-state index in [1.807, 2.05) is 11.8 Å². The first-order valence-electron chi connectivity index (χ1n) is 5.64. The highest BCUT2D eigenvalue weighted by Gasteiger charge is 2.18. The molecule has 3 heteroatoms. The molecule has 0 aromatic heterocycles. The molecular formula is C11H24N2S. The van der Waals surface area contributed by atoms with E-state index in [-0.39, 0.29) is 0 Å². The summed E-state index contributed by atoms with van der Waals surface area (Å²) >= 11 is 1.95. The van der Waals surface area contributed by atoms with E-state index in [1.165, 1.54) is 38.2 Å². The van der Waals surface area contributed by atoms with E-state index in [1.54, 1.807) is 0 Å². The van der Waals surface area contributed by atoms with Crippen LogP contribution in [0.5, 0.6) is 0 Å². The van der Waals surface area contributed by atoms with Crippen molar-refractivity contribution in [3.63, 3.8) is 0 Å². The summed E-state index contributed by atoms with van der Waals surface area (Å²) in [5.74, 6) is 2.17. The van der Waals surface area contributed by atoms with Gasteiger partial charge in [-0.05, 0) is 57.8 Å². The Morgan fingerprint density at radius 1 is 1.57 bits per heavy atom. The Balaban J connectivity index is 2.15. The average Bonchev–Trinajstić information content (AvgIpc) is 2.66. The third-order valence-corrected chi connectivity index (χ3v) is 3.84. The zero-order valence-corrected chi connectivity index (χ0v) is 10.6. The lowest BCUT2D eigenvalue weighted by molar-refractivity contribution is 0.220. The Morgan fingerprint density at radius 2 is 2.36 bits per heavy atom. The van der Waals surface area contributed by atoms with Crippen molar-refractivity contribution in [2.75, 3.05) is 38.7 Å². The van der Waals surface area contributed by atoms with Crippen molar-refractivity contribution in [2.45, 2.75) is 25.8 Å². The molecule has 2 unspecified atom stereocenters. The lowest BCUT2D eigenvalue weighted by atomic mass is 10.1. The first-order valence-corrected chi connectivity index (χ1v) is 7.03. The summed E-state index contributed by atoms with van der Waals surface area (Å²) < 4.78 is 0. The van der Waals surface area contributed by atoms with Gasteiger partial charge >= 0.3 is 0 Å². The summed E-state index contributed by atoms with van der Waals surface area (Å²) in [6.45, 7) is 6.05. The van der Waals surface area contributed by atoms with Gasteiger partial charge in [0.05, 0.1) is 0 Å². The molecule has 14 heavy (non-hydrogen) atoms.